The molecule has 0 bridgehead atoms. The van der Waals surface area contributed by atoms with E-state index >= 15 is 0 Å². The smallest absolute Gasteiger partial charge is 0.160 e. The maximum absolute atomic E-state index is 5.25. The van der Waals surface area contributed by atoms with Gasteiger partial charge in [-0.05, 0) is 76.2 Å². The Kier molecular flexibility index (Phi) is 8.79. The summed E-state index contributed by atoms with van der Waals surface area (Å²) in [5.41, 5.74) is 16.0. The molecule has 12 rings (SSSR count). The average molecular weight is 803 g/mol. The molecule has 0 spiro atoms. The molecule has 0 fully saturated rings. The minimum atomic E-state index is 0.711. The summed E-state index contributed by atoms with van der Waals surface area (Å²) in [6.07, 6.45) is 0. The molecule has 0 radical (unpaired) electrons. The predicted molar refractivity (Wildman–Crippen MR) is 262 cm³/mol. The van der Waals surface area contributed by atoms with Crippen LogP contribution in [0.2, 0.25) is 0 Å². The summed E-state index contributed by atoms with van der Waals surface area (Å²) >= 11 is 0. The second-order valence-electron chi connectivity index (χ2n) is 16.0. The Balaban J connectivity index is 0.965. The zero-order valence-corrected chi connectivity index (χ0v) is 34.2. The molecule has 294 valence electrons. The van der Waals surface area contributed by atoms with Crippen LogP contribution in [0.5, 0.6) is 0 Å². The fourth-order valence-corrected chi connectivity index (χ4v) is 9.09. The Bertz CT molecular complexity index is 3580. The minimum Gasteiger partial charge on any atom is -0.309 e. The van der Waals surface area contributed by atoms with Crippen molar-refractivity contribution in [3.63, 3.8) is 0 Å². The van der Waals surface area contributed by atoms with Crippen molar-refractivity contribution >= 4 is 43.5 Å². The number of nitrogens with zero attached hydrogens (tertiary/aromatic N) is 4. The van der Waals surface area contributed by atoms with E-state index in [0.717, 1.165) is 89.1 Å². The van der Waals surface area contributed by atoms with Crippen molar-refractivity contribution in [1.82, 2.24) is 19.5 Å². The molecular weight excluding hydrogens is 765 g/mol. The largest absolute Gasteiger partial charge is 0.309 e. The first-order valence-corrected chi connectivity index (χ1v) is 21.3. The van der Waals surface area contributed by atoms with E-state index in [-0.39, 0.29) is 0 Å². The fourth-order valence-electron chi connectivity index (χ4n) is 9.09. The van der Waals surface area contributed by atoms with Crippen LogP contribution in [0.25, 0.3) is 117 Å². The van der Waals surface area contributed by atoms with Crippen molar-refractivity contribution < 1.29 is 0 Å². The quantitative estimate of drug-likeness (QED) is 0.151. The highest BCUT2D eigenvalue weighted by Gasteiger charge is 2.19. The molecule has 4 nitrogen and oxygen atoms in total. The van der Waals surface area contributed by atoms with E-state index in [4.69, 9.17) is 15.0 Å². The van der Waals surface area contributed by atoms with Crippen LogP contribution < -0.4 is 0 Å². The Morgan fingerprint density at radius 2 is 0.794 bits per heavy atom. The van der Waals surface area contributed by atoms with E-state index < -0.39 is 0 Å². The summed E-state index contributed by atoms with van der Waals surface area (Å²) in [5.74, 6) is 0.711. The number of pyridine rings is 1. The molecule has 4 heteroatoms. The molecule has 0 atom stereocenters. The van der Waals surface area contributed by atoms with Crippen LogP contribution in [0.4, 0.5) is 0 Å². The van der Waals surface area contributed by atoms with Crippen molar-refractivity contribution in [2.75, 3.05) is 0 Å². The van der Waals surface area contributed by atoms with Gasteiger partial charge < -0.3 is 4.57 Å². The lowest BCUT2D eigenvalue weighted by molar-refractivity contribution is 1.18. The van der Waals surface area contributed by atoms with Gasteiger partial charge in [-0.25, -0.2) is 15.0 Å². The molecule has 0 aliphatic rings. The van der Waals surface area contributed by atoms with E-state index in [2.05, 4.69) is 199 Å². The molecule has 0 N–H and O–H groups in total. The van der Waals surface area contributed by atoms with Gasteiger partial charge in [0, 0.05) is 49.5 Å². The van der Waals surface area contributed by atoms with Crippen LogP contribution in [0.15, 0.2) is 231 Å². The Labute approximate surface area is 365 Å². The second kappa shape index (κ2) is 15.2. The van der Waals surface area contributed by atoms with Gasteiger partial charge in [0.25, 0.3) is 0 Å². The lowest BCUT2D eigenvalue weighted by atomic mass is 9.96. The van der Waals surface area contributed by atoms with Crippen LogP contribution in [0.3, 0.4) is 0 Å². The third-order valence-electron chi connectivity index (χ3n) is 12.2. The Morgan fingerprint density at radius 3 is 1.51 bits per heavy atom. The number of hydrogen-bond donors (Lipinski definition) is 0. The second-order valence-corrected chi connectivity index (χ2v) is 16.0. The average Bonchev–Trinajstić information content (AvgIpc) is 3.69. The van der Waals surface area contributed by atoms with Crippen molar-refractivity contribution in [3.8, 4) is 73.1 Å². The van der Waals surface area contributed by atoms with Gasteiger partial charge in [0.05, 0.1) is 33.6 Å². The third-order valence-corrected chi connectivity index (χ3v) is 12.2. The van der Waals surface area contributed by atoms with Gasteiger partial charge >= 0.3 is 0 Å². The van der Waals surface area contributed by atoms with Crippen LogP contribution in [0, 0.1) is 0 Å². The monoisotopic (exact) mass is 802 g/mol. The van der Waals surface area contributed by atoms with Gasteiger partial charge in [-0.2, -0.15) is 0 Å². The molecule has 0 saturated carbocycles. The van der Waals surface area contributed by atoms with Gasteiger partial charge in [0.15, 0.2) is 5.82 Å². The third kappa shape index (κ3) is 6.53. The number of benzene rings is 9. The zero-order valence-electron chi connectivity index (χ0n) is 34.2. The maximum atomic E-state index is 5.25. The number of para-hydroxylation sites is 2. The summed E-state index contributed by atoms with van der Waals surface area (Å²) < 4.78 is 2.42. The van der Waals surface area contributed by atoms with Crippen molar-refractivity contribution in [1.29, 1.82) is 0 Å². The minimum absolute atomic E-state index is 0.711. The van der Waals surface area contributed by atoms with E-state index in [1.807, 2.05) is 36.4 Å². The van der Waals surface area contributed by atoms with E-state index in [9.17, 15) is 0 Å². The molecule has 12 aromatic rings. The van der Waals surface area contributed by atoms with Crippen LogP contribution >= 0.6 is 0 Å². The van der Waals surface area contributed by atoms with E-state index in [1.54, 1.807) is 0 Å². The van der Waals surface area contributed by atoms with Gasteiger partial charge in [-0.3, -0.25) is 0 Å². The highest BCUT2D eigenvalue weighted by molar-refractivity contribution is 6.20. The van der Waals surface area contributed by atoms with Gasteiger partial charge in [0.1, 0.15) is 0 Å². The summed E-state index contributed by atoms with van der Waals surface area (Å²) in [4.78, 5) is 15.3. The van der Waals surface area contributed by atoms with E-state index in [0.29, 0.717) is 5.82 Å². The van der Waals surface area contributed by atoms with Crippen molar-refractivity contribution in [2.24, 2.45) is 0 Å². The zero-order chi connectivity index (χ0) is 41.7. The first-order valence-electron chi connectivity index (χ1n) is 21.3. The predicted octanol–water partition coefficient (Wildman–Crippen LogP) is 15.3. The van der Waals surface area contributed by atoms with Gasteiger partial charge in [-0.1, -0.05) is 182 Å². The first kappa shape index (κ1) is 36.4. The standard InChI is InChI=1S/C59H38N4/c1-5-16-40(17-6-1)54-38-55(62-59(61-54)43-20-9-3-10-21-43)41-30-28-39(29-31-41)44-22-15-23-45(34-44)46-32-33-49-51-36-52-50(37-57(51)63(56(49)35-46)47-24-11-4-12-25-47)48-26-13-14-27-53(48)60-58(52)42-18-7-2-8-19-42/h1-38H. The van der Waals surface area contributed by atoms with Crippen molar-refractivity contribution in [2.45, 2.75) is 0 Å². The fraction of sp³-hybridized carbons (Fsp3) is 0. The van der Waals surface area contributed by atoms with Crippen LogP contribution in [-0.4, -0.2) is 19.5 Å². The summed E-state index contributed by atoms with van der Waals surface area (Å²) in [7, 11) is 0. The molecule has 3 aromatic heterocycles. The topological polar surface area (TPSA) is 43.6 Å². The maximum Gasteiger partial charge on any atom is 0.160 e. The molecule has 0 amide bonds. The number of fused-ring (bicyclic) bond motifs is 6. The van der Waals surface area contributed by atoms with E-state index in [1.165, 1.54) is 21.7 Å². The summed E-state index contributed by atoms with van der Waals surface area (Å²) in [5, 5.41) is 5.89. The van der Waals surface area contributed by atoms with Gasteiger partial charge in [0.2, 0.25) is 0 Å². The SMILES string of the molecule is c1ccc(-c2cc(-c3ccc(-c4cccc(-c5ccc6c7cc8c(-c9ccccc9)nc9ccccc9c8cc7n(-c7ccccc7)c6c5)c4)cc3)nc(-c3ccccc3)n2)cc1. The molecule has 0 aliphatic heterocycles. The Morgan fingerprint density at radius 1 is 0.270 bits per heavy atom. The highest BCUT2D eigenvalue weighted by Crippen LogP contribution is 2.41. The first-order chi connectivity index (χ1) is 31.2. The molecule has 0 saturated heterocycles. The lowest BCUT2D eigenvalue weighted by Gasteiger charge is -2.12. The van der Waals surface area contributed by atoms with Crippen molar-refractivity contribution in [3.05, 3.63) is 231 Å². The number of aromatic nitrogens is 4. The lowest BCUT2D eigenvalue weighted by Crippen LogP contribution is -1.95. The van der Waals surface area contributed by atoms with Gasteiger partial charge in [-0.15, -0.1) is 0 Å². The molecular formula is C59H38N4. The van der Waals surface area contributed by atoms with Crippen LogP contribution in [0.1, 0.15) is 0 Å². The molecule has 3 heterocycles. The normalized spacial score (nSPS) is 11.5. The Hall–Kier alpha value is -8.47. The summed E-state index contributed by atoms with van der Waals surface area (Å²) in [6, 6.07) is 81.6. The highest BCUT2D eigenvalue weighted by atomic mass is 15.0. The number of rotatable bonds is 7. The molecule has 9 aromatic carbocycles. The molecule has 0 aliphatic carbocycles. The van der Waals surface area contributed by atoms with Crippen LogP contribution in [-0.2, 0) is 0 Å². The molecule has 0 unspecified atom stereocenters. The molecule has 63 heavy (non-hydrogen) atoms. The summed E-state index contributed by atoms with van der Waals surface area (Å²) in [6.45, 7) is 0. The number of hydrogen-bond acceptors (Lipinski definition) is 3.